The first-order chi connectivity index (χ1) is 10.1. The molecule has 0 N–H and O–H groups in total. The van der Waals surface area contributed by atoms with Gasteiger partial charge in [-0.15, -0.1) is 6.58 Å². The molecule has 0 heteroatoms. The summed E-state index contributed by atoms with van der Waals surface area (Å²) in [6.45, 7) is 11.2. The molecule has 0 bridgehead atoms. The molecule has 1 atom stereocenters. The third-order valence-corrected chi connectivity index (χ3v) is 4.66. The fourth-order valence-electron chi connectivity index (χ4n) is 3.23. The number of benzene rings is 1. The summed E-state index contributed by atoms with van der Waals surface area (Å²) in [6, 6.07) is 10.9. The highest BCUT2D eigenvalue weighted by molar-refractivity contribution is 5.17. The molecule has 118 valence electrons. The van der Waals surface area contributed by atoms with Gasteiger partial charge in [-0.05, 0) is 29.7 Å². The Bertz CT molecular complexity index is 374. The fraction of sp³-hybridized carbons (Fsp3) is 0.619. The molecule has 0 heterocycles. The molecule has 0 saturated carbocycles. The van der Waals surface area contributed by atoms with E-state index < -0.39 is 0 Å². The summed E-state index contributed by atoms with van der Waals surface area (Å²) in [5.74, 6) is 0.615. The van der Waals surface area contributed by atoms with Gasteiger partial charge in [0.25, 0.3) is 0 Å². The molecule has 1 aromatic rings. The molecule has 1 unspecified atom stereocenters. The predicted octanol–water partition coefficient (Wildman–Crippen LogP) is 6.81. The molecule has 21 heavy (non-hydrogen) atoms. The minimum Gasteiger partial charge on any atom is -0.103 e. The molecule has 0 nitrogen and oxygen atoms in total. The van der Waals surface area contributed by atoms with Crippen molar-refractivity contribution in [2.45, 2.75) is 72.1 Å². The van der Waals surface area contributed by atoms with Crippen LogP contribution in [0.4, 0.5) is 0 Å². The summed E-state index contributed by atoms with van der Waals surface area (Å²) in [7, 11) is 0. The van der Waals surface area contributed by atoms with Crippen molar-refractivity contribution in [3.63, 3.8) is 0 Å². The van der Waals surface area contributed by atoms with Crippen molar-refractivity contribution in [3.05, 3.63) is 48.6 Å². The Kier molecular flexibility index (Phi) is 8.42. The summed E-state index contributed by atoms with van der Waals surface area (Å²) in [5, 5.41) is 0. The Morgan fingerprint density at radius 1 is 1.00 bits per heavy atom. The van der Waals surface area contributed by atoms with Crippen LogP contribution in [0.15, 0.2) is 43.0 Å². The molecule has 0 radical (unpaired) electrons. The van der Waals surface area contributed by atoms with E-state index in [0.717, 1.165) is 6.42 Å². The first-order valence-corrected chi connectivity index (χ1v) is 8.76. The molecular formula is C21H34. The second-order valence-corrected chi connectivity index (χ2v) is 7.05. The van der Waals surface area contributed by atoms with Gasteiger partial charge in [0.05, 0.1) is 0 Å². The molecule has 0 aliphatic heterocycles. The van der Waals surface area contributed by atoms with Gasteiger partial charge in [-0.1, -0.05) is 95.7 Å². The van der Waals surface area contributed by atoms with E-state index in [9.17, 15) is 0 Å². The van der Waals surface area contributed by atoms with E-state index in [2.05, 4.69) is 63.8 Å². The van der Waals surface area contributed by atoms with Crippen molar-refractivity contribution in [2.75, 3.05) is 0 Å². The zero-order valence-electron chi connectivity index (χ0n) is 14.4. The van der Waals surface area contributed by atoms with Crippen molar-refractivity contribution >= 4 is 0 Å². The lowest BCUT2D eigenvalue weighted by Gasteiger charge is -2.33. The average molecular weight is 287 g/mol. The van der Waals surface area contributed by atoms with Crippen LogP contribution in [0.25, 0.3) is 0 Å². The monoisotopic (exact) mass is 286 g/mol. The minimum atomic E-state index is 0.298. The maximum Gasteiger partial charge on any atom is -0.0182 e. The van der Waals surface area contributed by atoms with E-state index in [1.165, 1.54) is 50.5 Å². The lowest BCUT2D eigenvalue weighted by atomic mass is 9.72. The van der Waals surface area contributed by atoms with Crippen LogP contribution in [0, 0.1) is 11.3 Å². The Hall–Kier alpha value is -1.04. The van der Waals surface area contributed by atoms with Gasteiger partial charge in [-0.2, -0.15) is 0 Å². The molecule has 0 saturated heterocycles. The Morgan fingerprint density at radius 3 is 2.24 bits per heavy atom. The van der Waals surface area contributed by atoms with Crippen LogP contribution in [0.1, 0.15) is 71.3 Å². The van der Waals surface area contributed by atoms with E-state index >= 15 is 0 Å². The van der Waals surface area contributed by atoms with E-state index in [4.69, 9.17) is 0 Å². The predicted molar refractivity (Wildman–Crippen MR) is 95.6 cm³/mol. The highest BCUT2D eigenvalue weighted by Gasteiger charge is 2.26. The number of hydrogen-bond donors (Lipinski definition) is 0. The summed E-state index contributed by atoms with van der Waals surface area (Å²) >= 11 is 0. The number of hydrogen-bond acceptors (Lipinski definition) is 0. The van der Waals surface area contributed by atoms with Crippen molar-refractivity contribution in [2.24, 2.45) is 11.3 Å². The second kappa shape index (κ2) is 9.82. The van der Waals surface area contributed by atoms with Crippen molar-refractivity contribution in [3.8, 4) is 0 Å². The molecular weight excluding hydrogens is 252 g/mol. The van der Waals surface area contributed by atoms with Crippen LogP contribution in [0.3, 0.4) is 0 Å². The Morgan fingerprint density at radius 2 is 1.62 bits per heavy atom. The van der Waals surface area contributed by atoms with Gasteiger partial charge in [0.1, 0.15) is 0 Å². The van der Waals surface area contributed by atoms with Gasteiger partial charge in [0.15, 0.2) is 0 Å². The normalized spacial score (nSPS) is 13.1. The Balaban J connectivity index is 2.40. The molecule has 0 aliphatic rings. The van der Waals surface area contributed by atoms with Crippen LogP contribution in [-0.4, -0.2) is 0 Å². The van der Waals surface area contributed by atoms with E-state index in [-0.39, 0.29) is 0 Å². The summed E-state index contributed by atoms with van der Waals surface area (Å²) < 4.78 is 0. The number of rotatable bonds is 11. The van der Waals surface area contributed by atoms with Crippen LogP contribution < -0.4 is 0 Å². The van der Waals surface area contributed by atoms with Crippen molar-refractivity contribution in [1.29, 1.82) is 0 Å². The zero-order chi connectivity index (χ0) is 15.6. The van der Waals surface area contributed by atoms with E-state index in [1.807, 2.05) is 0 Å². The van der Waals surface area contributed by atoms with Crippen LogP contribution in [0.5, 0.6) is 0 Å². The molecule has 0 spiro atoms. The topological polar surface area (TPSA) is 0 Å². The van der Waals surface area contributed by atoms with Crippen molar-refractivity contribution < 1.29 is 0 Å². The maximum absolute atomic E-state index is 4.10. The molecule has 1 aromatic carbocycles. The van der Waals surface area contributed by atoms with Gasteiger partial charge in [0.2, 0.25) is 0 Å². The zero-order valence-corrected chi connectivity index (χ0v) is 14.4. The van der Waals surface area contributed by atoms with Gasteiger partial charge < -0.3 is 0 Å². The SMILES string of the molecule is C=CC(CCCCCCCC)C(C)(C)Cc1ccccc1. The van der Waals surface area contributed by atoms with Gasteiger partial charge in [0, 0.05) is 0 Å². The maximum atomic E-state index is 4.10. The molecule has 0 fully saturated rings. The number of allylic oxidation sites excluding steroid dienone is 1. The summed E-state index contributed by atoms with van der Waals surface area (Å²) in [5.41, 5.74) is 1.74. The van der Waals surface area contributed by atoms with Gasteiger partial charge in [-0.25, -0.2) is 0 Å². The first kappa shape index (κ1) is 18.0. The third-order valence-electron chi connectivity index (χ3n) is 4.66. The van der Waals surface area contributed by atoms with Crippen LogP contribution >= 0.6 is 0 Å². The molecule has 0 aliphatic carbocycles. The lowest BCUT2D eigenvalue weighted by Crippen LogP contribution is -2.25. The standard InChI is InChI=1S/C21H34/c1-5-7-8-9-10-14-17-20(6-2)21(3,4)18-19-15-12-11-13-16-19/h6,11-13,15-16,20H,2,5,7-10,14,17-18H2,1,3-4H3. The largest absolute Gasteiger partial charge is 0.103 e. The average Bonchev–Trinajstić information content (AvgIpc) is 2.47. The molecule has 0 aromatic heterocycles. The van der Waals surface area contributed by atoms with Gasteiger partial charge >= 0.3 is 0 Å². The van der Waals surface area contributed by atoms with Crippen molar-refractivity contribution in [1.82, 2.24) is 0 Å². The lowest BCUT2D eigenvalue weighted by molar-refractivity contribution is 0.239. The van der Waals surface area contributed by atoms with E-state index in [0.29, 0.717) is 11.3 Å². The highest BCUT2D eigenvalue weighted by Crippen LogP contribution is 2.35. The smallest absolute Gasteiger partial charge is 0.0182 e. The second-order valence-electron chi connectivity index (χ2n) is 7.05. The van der Waals surface area contributed by atoms with Gasteiger partial charge in [-0.3, -0.25) is 0 Å². The minimum absolute atomic E-state index is 0.298. The first-order valence-electron chi connectivity index (χ1n) is 8.76. The molecule has 0 amide bonds. The van der Waals surface area contributed by atoms with Crippen LogP contribution in [0.2, 0.25) is 0 Å². The highest BCUT2D eigenvalue weighted by atomic mass is 14.3. The fourth-order valence-corrected chi connectivity index (χ4v) is 3.23. The summed E-state index contributed by atoms with van der Waals surface area (Å²) in [6.07, 6.45) is 12.9. The third kappa shape index (κ3) is 6.98. The molecule has 1 rings (SSSR count). The Labute approximate surface area is 132 Å². The van der Waals surface area contributed by atoms with Crippen LogP contribution in [-0.2, 0) is 6.42 Å². The summed E-state index contributed by atoms with van der Waals surface area (Å²) in [4.78, 5) is 0. The quantitative estimate of drug-likeness (QED) is 0.309. The number of unbranched alkanes of at least 4 members (excludes halogenated alkanes) is 5. The van der Waals surface area contributed by atoms with E-state index in [1.54, 1.807) is 0 Å².